The van der Waals surface area contributed by atoms with E-state index in [0.29, 0.717) is 6.61 Å². The Morgan fingerprint density at radius 1 is 1.45 bits per heavy atom. The molecule has 5 heteroatoms. The zero-order valence-corrected chi connectivity index (χ0v) is 12.3. The molecule has 1 unspecified atom stereocenters. The molecule has 1 aromatic carbocycles. The van der Waals surface area contributed by atoms with Crippen molar-refractivity contribution in [1.82, 2.24) is 5.32 Å². The molecule has 108 valence electrons. The number of carbonyl (C=O) groups excluding carboxylic acids is 1. The van der Waals surface area contributed by atoms with Crippen molar-refractivity contribution in [3.05, 3.63) is 35.2 Å². The average molecular weight is 293 g/mol. The van der Waals surface area contributed by atoms with Gasteiger partial charge in [0.1, 0.15) is 12.7 Å². The van der Waals surface area contributed by atoms with Gasteiger partial charge in [-0.2, -0.15) is 0 Å². The Labute approximate surface area is 122 Å². The molecule has 4 nitrogen and oxygen atoms in total. The van der Waals surface area contributed by atoms with Gasteiger partial charge in [0, 0.05) is 22.7 Å². The van der Waals surface area contributed by atoms with E-state index >= 15 is 0 Å². The van der Waals surface area contributed by atoms with Crippen molar-refractivity contribution in [1.29, 1.82) is 0 Å². The molecule has 0 spiro atoms. The summed E-state index contributed by atoms with van der Waals surface area (Å²) < 4.78 is 6.28. The number of ether oxygens (including phenoxy) is 1. The predicted molar refractivity (Wildman–Crippen MR) is 80.9 cm³/mol. The van der Waals surface area contributed by atoms with Crippen LogP contribution in [0.3, 0.4) is 0 Å². The van der Waals surface area contributed by atoms with Gasteiger partial charge < -0.3 is 15.2 Å². The minimum Gasteiger partial charge on any atom is -0.386 e. The second-order valence-electron chi connectivity index (χ2n) is 4.56. The molecule has 0 fully saturated rings. The molecule has 1 aromatic heterocycles. The summed E-state index contributed by atoms with van der Waals surface area (Å²) in [6, 6.07) is 9.94. The van der Waals surface area contributed by atoms with Gasteiger partial charge in [0.05, 0.1) is 0 Å². The first kappa shape index (κ1) is 15.0. The Morgan fingerprint density at radius 2 is 2.25 bits per heavy atom. The molecule has 0 radical (unpaired) electrons. The third-order valence-electron chi connectivity index (χ3n) is 2.85. The summed E-state index contributed by atoms with van der Waals surface area (Å²) in [7, 11) is 0. The lowest BCUT2D eigenvalue weighted by molar-refractivity contribution is -0.126. The molecule has 20 heavy (non-hydrogen) atoms. The number of aliphatic hydroxyl groups excluding tert-OH is 1. The van der Waals surface area contributed by atoms with Gasteiger partial charge in [-0.3, -0.25) is 4.79 Å². The topological polar surface area (TPSA) is 58.6 Å². The van der Waals surface area contributed by atoms with E-state index in [-0.39, 0.29) is 19.1 Å². The van der Waals surface area contributed by atoms with Crippen LogP contribution in [-0.4, -0.2) is 30.8 Å². The number of benzene rings is 1. The number of aliphatic hydroxyl groups is 1. The lowest BCUT2D eigenvalue weighted by Gasteiger charge is -2.10. The summed E-state index contributed by atoms with van der Waals surface area (Å²) in [5, 5.41) is 13.9. The summed E-state index contributed by atoms with van der Waals surface area (Å²) >= 11 is 1.55. The summed E-state index contributed by atoms with van der Waals surface area (Å²) in [5.74, 6) is -0.196. The molecule has 0 saturated carbocycles. The van der Waals surface area contributed by atoms with E-state index in [1.54, 1.807) is 11.3 Å². The van der Waals surface area contributed by atoms with E-state index in [9.17, 15) is 9.90 Å². The Balaban J connectivity index is 1.85. The van der Waals surface area contributed by atoms with E-state index in [1.807, 2.05) is 37.3 Å². The van der Waals surface area contributed by atoms with Crippen molar-refractivity contribution >= 4 is 27.3 Å². The van der Waals surface area contributed by atoms with Gasteiger partial charge in [-0.1, -0.05) is 25.1 Å². The van der Waals surface area contributed by atoms with E-state index < -0.39 is 6.10 Å². The number of carbonyl (C=O) groups is 1. The lowest BCUT2D eigenvalue weighted by Crippen LogP contribution is -2.31. The Hall–Kier alpha value is -1.43. The normalized spacial score (nSPS) is 12.5. The van der Waals surface area contributed by atoms with Gasteiger partial charge in [0.25, 0.3) is 0 Å². The average Bonchev–Trinajstić information content (AvgIpc) is 2.89. The number of hydrogen-bond acceptors (Lipinski definition) is 4. The van der Waals surface area contributed by atoms with Crippen LogP contribution in [0.25, 0.3) is 10.1 Å². The molecule has 2 N–H and O–H groups in total. The Morgan fingerprint density at radius 3 is 3.00 bits per heavy atom. The summed E-state index contributed by atoms with van der Waals surface area (Å²) in [6.45, 7) is 2.82. The number of amides is 1. The fourth-order valence-electron chi connectivity index (χ4n) is 1.84. The van der Waals surface area contributed by atoms with Gasteiger partial charge in [-0.05, 0) is 23.9 Å². The fourth-order valence-corrected chi connectivity index (χ4v) is 2.89. The molecular weight excluding hydrogens is 274 g/mol. The Bertz CT molecular complexity index is 534. The minimum absolute atomic E-state index is 0.0486. The molecule has 1 heterocycles. The van der Waals surface area contributed by atoms with Gasteiger partial charge in [-0.25, -0.2) is 0 Å². The Kier molecular flexibility index (Phi) is 5.52. The van der Waals surface area contributed by atoms with Crippen LogP contribution in [0.5, 0.6) is 0 Å². The van der Waals surface area contributed by atoms with Crippen molar-refractivity contribution < 1.29 is 14.6 Å². The molecular formula is C15H19NO3S. The molecule has 0 saturated heterocycles. The standard InChI is InChI=1S/C15H19NO3S/c1-2-7-19-10-15(18)16-9-12(17)14-8-11-5-3-4-6-13(11)20-14/h3-6,8,12,17H,2,7,9-10H2,1H3,(H,16,18). The molecule has 2 rings (SSSR count). The van der Waals surface area contributed by atoms with Gasteiger partial charge in [-0.15, -0.1) is 11.3 Å². The molecule has 1 amide bonds. The molecule has 0 aliphatic rings. The van der Waals surface area contributed by atoms with Crippen molar-refractivity contribution in [2.24, 2.45) is 0 Å². The molecule has 2 aromatic rings. The summed E-state index contributed by atoms with van der Waals surface area (Å²) in [5.41, 5.74) is 0. The highest BCUT2D eigenvalue weighted by molar-refractivity contribution is 7.19. The maximum Gasteiger partial charge on any atom is 0.246 e. The van der Waals surface area contributed by atoms with Crippen LogP contribution in [0.4, 0.5) is 0 Å². The largest absolute Gasteiger partial charge is 0.386 e. The third kappa shape index (κ3) is 4.03. The maximum atomic E-state index is 11.5. The summed E-state index contributed by atoms with van der Waals surface area (Å²) in [6.07, 6.45) is 0.208. The van der Waals surface area contributed by atoms with E-state index in [4.69, 9.17) is 4.74 Å². The number of nitrogens with one attached hydrogen (secondary N) is 1. The van der Waals surface area contributed by atoms with Gasteiger partial charge >= 0.3 is 0 Å². The van der Waals surface area contributed by atoms with Crippen LogP contribution < -0.4 is 5.32 Å². The van der Waals surface area contributed by atoms with Crippen molar-refractivity contribution in [3.8, 4) is 0 Å². The van der Waals surface area contributed by atoms with Crippen LogP contribution >= 0.6 is 11.3 Å². The van der Waals surface area contributed by atoms with Crippen LogP contribution in [-0.2, 0) is 9.53 Å². The first-order valence-electron chi connectivity index (χ1n) is 6.71. The van der Waals surface area contributed by atoms with E-state index in [2.05, 4.69) is 5.32 Å². The van der Waals surface area contributed by atoms with Crippen LogP contribution in [0.15, 0.2) is 30.3 Å². The van der Waals surface area contributed by atoms with Crippen LogP contribution in [0.2, 0.25) is 0 Å². The number of rotatable bonds is 7. The van der Waals surface area contributed by atoms with Gasteiger partial charge in [0.15, 0.2) is 0 Å². The number of fused-ring (bicyclic) bond motifs is 1. The zero-order valence-electron chi connectivity index (χ0n) is 11.5. The number of thiophene rings is 1. The van der Waals surface area contributed by atoms with Crippen molar-refractivity contribution in [2.45, 2.75) is 19.4 Å². The predicted octanol–water partition coefficient (Wildman–Crippen LogP) is 2.48. The van der Waals surface area contributed by atoms with E-state index in [0.717, 1.165) is 21.4 Å². The zero-order chi connectivity index (χ0) is 14.4. The highest BCUT2D eigenvalue weighted by Crippen LogP contribution is 2.29. The highest BCUT2D eigenvalue weighted by Gasteiger charge is 2.12. The van der Waals surface area contributed by atoms with Crippen LogP contribution in [0.1, 0.15) is 24.3 Å². The summed E-state index contributed by atoms with van der Waals surface area (Å²) in [4.78, 5) is 12.3. The maximum absolute atomic E-state index is 11.5. The second kappa shape index (κ2) is 7.38. The SMILES string of the molecule is CCCOCC(=O)NCC(O)c1cc2ccccc2s1. The monoisotopic (exact) mass is 293 g/mol. The second-order valence-corrected chi connectivity index (χ2v) is 5.67. The molecule has 0 bridgehead atoms. The molecule has 1 atom stereocenters. The minimum atomic E-state index is -0.678. The van der Waals surface area contributed by atoms with Crippen LogP contribution in [0, 0.1) is 0 Å². The first-order chi connectivity index (χ1) is 9.70. The fraction of sp³-hybridized carbons (Fsp3) is 0.400. The first-order valence-corrected chi connectivity index (χ1v) is 7.53. The smallest absolute Gasteiger partial charge is 0.246 e. The highest BCUT2D eigenvalue weighted by atomic mass is 32.1. The third-order valence-corrected chi connectivity index (χ3v) is 4.06. The number of hydrogen-bond donors (Lipinski definition) is 2. The van der Waals surface area contributed by atoms with E-state index in [1.165, 1.54) is 0 Å². The molecule has 0 aliphatic carbocycles. The van der Waals surface area contributed by atoms with Crippen molar-refractivity contribution in [3.63, 3.8) is 0 Å². The van der Waals surface area contributed by atoms with Crippen molar-refractivity contribution in [2.75, 3.05) is 19.8 Å². The quantitative estimate of drug-likeness (QED) is 0.771. The van der Waals surface area contributed by atoms with Gasteiger partial charge in [0.2, 0.25) is 5.91 Å². The molecule has 0 aliphatic heterocycles. The lowest BCUT2D eigenvalue weighted by atomic mass is 10.2.